The lowest BCUT2D eigenvalue weighted by atomic mass is 9.79. The van der Waals surface area contributed by atoms with Crippen LogP contribution in [0.3, 0.4) is 0 Å². The van der Waals surface area contributed by atoms with Gasteiger partial charge in [-0.2, -0.15) is 0 Å². The minimum atomic E-state index is -1.52. The SMILES string of the molecule is COc1ccc(B(O)O)cc1-c1ccc2c(N)nccc2c1. The number of aromatic nitrogens is 1. The van der Waals surface area contributed by atoms with Gasteiger partial charge in [-0.1, -0.05) is 24.3 Å². The fourth-order valence-corrected chi connectivity index (χ4v) is 2.48. The summed E-state index contributed by atoms with van der Waals surface area (Å²) in [7, 11) is 0.0570. The molecule has 3 rings (SSSR count). The molecule has 3 aromatic rings. The maximum Gasteiger partial charge on any atom is 0.488 e. The van der Waals surface area contributed by atoms with E-state index in [2.05, 4.69) is 4.98 Å². The first-order valence-corrected chi connectivity index (χ1v) is 6.79. The Morgan fingerprint density at radius 1 is 1.09 bits per heavy atom. The molecule has 0 saturated carbocycles. The normalized spacial score (nSPS) is 10.7. The minimum absolute atomic E-state index is 0.408. The Kier molecular flexibility index (Phi) is 3.71. The number of nitrogen functional groups attached to an aromatic ring is 1. The number of rotatable bonds is 3. The van der Waals surface area contributed by atoms with Crippen molar-refractivity contribution in [3.63, 3.8) is 0 Å². The van der Waals surface area contributed by atoms with E-state index < -0.39 is 7.12 Å². The van der Waals surface area contributed by atoms with Gasteiger partial charge in [0.25, 0.3) is 0 Å². The molecule has 0 aliphatic carbocycles. The van der Waals surface area contributed by atoms with E-state index in [0.29, 0.717) is 17.0 Å². The highest BCUT2D eigenvalue weighted by molar-refractivity contribution is 6.58. The largest absolute Gasteiger partial charge is 0.496 e. The molecule has 0 fully saturated rings. The van der Waals surface area contributed by atoms with Gasteiger partial charge in [0.2, 0.25) is 0 Å². The predicted octanol–water partition coefficient (Wildman–Crippen LogP) is 1.17. The molecule has 0 bridgehead atoms. The predicted molar refractivity (Wildman–Crippen MR) is 88.0 cm³/mol. The lowest BCUT2D eigenvalue weighted by Gasteiger charge is -2.12. The first-order chi connectivity index (χ1) is 10.6. The van der Waals surface area contributed by atoms with Crippen LogP contribution in [0.4, 0.5) is 5.82 Å². The van der Waals surface area contributed by atoms with Gasteiger partial charge in [-0.3, -0.25) is 0 Å². The standard InChI is InChI=1S/C16H15BN2O3/c1-22-15-5-3-12(17(20)21)9-14(15)10-2-4-13-11(8-10)6-7-19-16(13)18/h2-9,20-21H,1H3,(H2,18,19). The third-order valence-electron chi connectivity index (χ3n) is 3.63. The van der Waals surface area contributed by atoms with Crippen LogP contribution in [0.15, 0.2) is 48.7 Å². The number of pyridine rings is 1. The maximum absolute atomic E-state index is 9.36. The van der Waals surface area contributed by atoms with E-state index in [4.69, 9.17) is 10.5 Å². The highest BCUT2D eigenvalue weighted by atomic mass is 16.5. The molecular formula is C16H15BN2O3. The number of hydrogen-bond acceptors (Lipinski definition) is 5. The van der Waals surface area contributed by atoms with Crippen LogP contribution in [-0.2, 0) is 0 Å². The van der Waals surface area contributed by atoms with E-state index in [1.54, 1.807) is 31.5 Å². The van der Waals surface area contributed by atoms with Crippen molar-refractivity contribution < 1.29 is 14.8 Å². The molecule has 0 unspecified atom stereocenters. The van der Waals surface area contributed by atoms with E-state index in [-0.39, 0.29) is 0 Å². The highest BCUT2D eigenvalue weighted by Crippen LogP contribution is 2.32. The second kappa shape index (κ2) is 5.67. The minimum Gasteiger partial charge on any atom is -0.496 e. The number of fused-ring (bicyclic) bond motifs is 1. The van der Waals surface area contributed by atoms with Crippen LogP contribution < -0.4 is 15.9 Å². The van der Waals surface area contributed by atoms with Gasteiger partial charge in [-0.25, -0.2) is 4.98 Å². The molecule has 0 radical (unpaired) electrons. The Balaban J connectivity index is 2.19. The maximum atomic E-state index is 9.36. The van der Waals surface area contributed by atoms with Crippen LogP contribution in [0.1, 0.15) is 0 Å². The molecule has 22 heavy (non-hydrogen) atoms. The molecule has 5 nitrogen and oxygen atoms in total. The van der Waals surface area contributed by atoms with E-state index in [1.165, 1.54) is 0 Å². The lowest BCUT2D eigenvalue weighted by molar-refractivity contribution is 0.415. The van der Waals surface area contributed by atoms with Crippen molar-refractivity contribution in [2.45, 2.75) is 0 Å². The van der Waals surface area contributed by atoms with E-state index in [9.17, 15) is 10.0 Å². The zero-order valence-electron chi connectivity index (χ0n) is 12.0. The van der Waals surface area contributed by atoms with E-state index in [0.717, 1.165) is 21.9 Å². The average Bonchev–Trinajstić information content (AvgIpc) is 2.54. The summed E-state index contributed by atoms with van der Waals surface area (Å²) in [6.45, 7) is 0. The molecule has 1 heterocycles. The van der Waals surface area contributed by atoms with Crippen molar-refractivity contribution in [3.8, 4) is 16.9 Å². The molecule has 4 N–H and O–H groups in total. The summed E-state index contributed by atoms with van der Waals surface area (Å²) < 4.78 is 5.37. The molecule has 6 heteroatoms. The summed E-state index contributed by atoms with van der Waals surface area (Å²) >= 11 is 0. The fraction of sp³-hybridized carbons (Fsp3) is 0.0625. The Morgan fingerprint density at radius 2 is 1.91 bits per heavy atom. The van der Waals surface area contributed by atoms with Crippen molar-refractivity contribution in [2.24, 2.45) is 0 Å². The van der Waals surface area contributed by atoms with Crippen molar-refractivity contribution in [2.75, 3.05) is 12.8 Å². The molecule has 0 saturated heterocycles. The van der Waals surface area contributed by atoms with Crippen molar-refractivity contribution in [1.82, 2.24) is 4.98 Å². The number of benzene rings is 2. The van der Waals surface area contributed by atoms with Crippen LogP contribution in [0, 0.1) is 0 Å². The van der Waals surface area contributed by atoms with Gasteiger partial charge in [-0.15, -0.1) is 0 Å². The van der Waals surface area contributed by atoms with E-state index in [1.807, 2.05) is 24.3 Å². The topological polar surface area (TPSA) is 88.6 Å². The number of nitrogens with zero attached hydrogens (tertiary/aromatic N) is 1. The molecule has 0 aliphatic heterocycles. The number of anilines is 1. The Hall–Kier alpha value is -2.57. The second-order valence-electron chi connectivity index (χ2n) is 4.97. The summed E-state index contributed by atoms with van der Waals surface area (Å²) in [5.41, 5.74) is 7.95. The Bertz CT molecular complexity index is 837. The smallest absolute Gasteiger partial charge is 0.488 e. The number of ether oxygens (including phenoxy) is 1. The quantitative estimate of drug-likeness (QED) is 0.631. The first kappa shape index (κ1) is 14.4. The van der Waals surface area contributed by atoms with Crippen molar-refractivity contribution in [3.05, 3.63) is 48.7 Å². The van der Waals surface area contributed by atoms with Crippen LogP contribution in [0.2, 0.25) is 0 Å². The molecule has 1 aromatic heterocycles. The van der Waals surface area contributed by atoms with Crippen LogP contribution >= 0.6 is 0 Å². The third kappa shape index (κ3) is 2.50. The zero-order chi connectivity index (χ0) is 15.7. The van der Waals surface area contributed by atoms with Gasteiger partial charge in [0.1, 0.15) is 11.6 Å². The summed E-state index contributed by atoms with van der Waals surface area (Å²) in [6.07, 6.45) is 1.66. The van der Waals surface area contributed by atoms with Crippen molar-refractivity contribution in [1.29, 1.82) is 0 Å². The second-order valence-corrected chi connectivity index (χ2v) is 4.97. The number of nitrogens with two attached hydrogens (primary N) is 1. The highest BCUT2D eigenvalue weighted by Gasteiger charge is 2.15. The van der Waals surface area contributed by atoms with Crippen molar-refractivity contribution >= 4 is 29.2 Å². The molecular weight excluding hydrogens is 279 g/mol. The molecule has 2 aromatic carbocycles. The molecule has 0 atom stereocenters. The number of hydrogen-bond donors (Lipinski definition) is 3. The van der Waals surface area contributed by atoms with Gasteiger partial charge < -0.3 is 20.5 Å². The summed E-state index contributed by atoms with van der Waals surface area (Å²) in [5, 5.41) is 20.6. The Labute approximate surface area is 128 Å². The van der Waals surface area contributed by atoms with Crippen LogP contribution in [0.25, 0.3) is 21.9 Å². The lowest BCUT2D eigenvalue weighted by Crippen LogP contribution is -2.29. The molecule has 110 valence electrons. The van der Waals surface area contributed by atoms with Gasteiger partial charge in [-0.05, 0) is 34.6 Å². The summed E-state index contributed by atoms with van der Waals surface area (Å²) in [5.74, 6) is 1.14. The molecule has 0 amide bonds. The van der Waals surface area contributed by atoms with Gasteiger partial charge in [0.15, 0.2) is 0 Å². The van der Waals surface area contributed by atoms with Gasteiger partial charge >= 0.3 is 7.12 Å². The first-order valence-electron chi connectivity index (χ1n) is 6.79. The number of methoxy groups -OCH3 is 1. The van der Waals surface area contributed by atoms with Gasteiger partial charge in [0.05, 0.1) is 7.11 Å². The monoisotopic (exact) mass is 294 g/mol. The summed E-state index contributed by atoms with van der Waals surface area (Å²) in [4.78, 5) is 4.07. The Morgan fingerprint density at radius 3 is 2.64 bits per heavy atom. The molecule has 0 spiro atoms. The van der Waals surface area contributed by atoms with Crippen LogP contribution in [-0.4, -0.2) is 29.3 Å². The van der Waals surface area contributed by atoms with Gasteiger partial charge in [0, 0.05) is 17.1 Å². The zero-order valence-corrected chi connectivity index (χ0v) is 12.0. The average molecular weight is 294 g/mol. The molecule has 0 aliphatic rings. The fourth-order valence-electron chi connectivity index (χ4n) is 2.48. The summed E-state index contributed by atoms with van der Waals surface area (Å²) in [6, 6.07) is 12.7. The van der Waals surface area contributed by atoms with E-state index >= 15 is 0 Å². The third-order valence-corrected chi connectivity index (χ3v) is 3.63. The van der Waals surface area contributed by atoms with Crippen LogP contribution in [0.5, 0.6) is 5.75 Å².